The second-order valence-electron chi connectivity index (χ2n) is 2.60. The Balaban J connectivity index is 3.10. The monoisotopic (exact) mass is 217 g/mol. The predicted octanol–water partition coefficient (Wildman–Crippen LogP) is 2.22. The third-order valence-electron chi connectivity index (χ3n) is 1.70. The van der Waals surface area contributed by atoms with E-state index >= 15 is 0 Å². The van der Waals surface area contributed by atoms with E-state index in [1.165, 1.54) is 0 Å². The zero-order valence-electron chi connectivity index (χ0n) is 6.89. The molecule has 1 amide bonds. The summed E-state index contributed by atoms with van der Waals surface area (Å²) in [5, 5.41) is 0.588. The lowest BCUT2D eigenvalue weighted by Gasteiger charge is -2.04. The fourth-order valence-electron chi connectivity index (χ4n) is 1.11. The van der Waals surface area contributed by atoms with Crippen molar-refractivity contribution in [2.24, 2.45) is 5.73 Å². The van der Waals surface area contributed by atoms with Crippen molar-refractivity contribution in [2.45, 2.75) is 6.42 Å². The van der Waals surface area contributed by atoms with E-state index < -0.39 is 5.91 Å². The number of nitrogens with two attached hydrogens (primary N) is 1. The Labute approximate surface area is 86.6 Å². The van der Waals surface area contributed by atoms with Crippen LogP contribution in [0.3, 0.4) is 0 Å². The van der Waals surface area contributed by atoms with Crippen molar-refractivity contribution < 1.29 is 4.79 Å². The first-order chi connectivity index (χ1) is 6.15. The molecule has 0 saturated heterocycles. The third-order valence-corrected chi connectivity index (χ3v) is 2.12. The molecular weight excluding hydrogens is 209 g/mol. The molecule has 2 N–H and O–H groups in total. The lowest BCUT2D eigenvalue weighted by molar-refractivity contribution is 0.0999. The third kappa shape index (κ3) is 2.61. The molecule has 70 valence electrons. The summed E-state index contributed by atoms with van der Waals surface area (Å²) < 4.78 is 0. The van der Waals surface area contributed by atoms with Crippen molar-refractivity contribution in [2.75, 3.05) is 5.88 Å². The number of carbonyl (C=O) groups is 1. The van der Waals surface area contributed by atoms with Crippen molar-refractivity contribution in [3.05, 3.63) is 34.3 Å². The van der Waals surface area contributed by atoms with Gasteiger partial charge in [-0.3, -0.25) is 4.79 Å². The van der Waals surface area contributed by atoms with Gasteiger partial charge in [-0.05, 0) is 30.2 Å². The maximum atomic E-state index is 10.9. The number of primary amides is 1. The van der Waals surface area contributed by atoms with Crippen molar-refractivity contribution >= 4 is 29.1 Å². The van der Waals surface area contributed by atoms with Gasteiger partial charge in [0.2, 0.25) is 5.91 Å². The summed E-state index contributed by atoms with van der Waals surface area (Å²) in [4.78, 5) is 10.9. The number of hydrogen-bond donors (Lipinski definition) is 1. The zero-order valence-corrected chi connectivity index (χ0v) is 8.40. The lowest BCUT2D eigenvalue weighted by Crippen LogP contribution is -2.13. The minimum absolute atomic E-state index is 0.445. The van der Waals surface area contributed by atoms with Gasteiger partial charge in [-0.25, -0.2) is 0 Å². The molecule has 2 nitrogen and oxygen atoms in total. The van der Waals surface area contributed by atoms with Crippen LogP contribution in [0.4, 0.5) is 0 Å². The Morgan fingerprint density at radius 1 is 1.46 bits per heavy atom. The molecule has 1 aromatic rings. The Bertz CT molecular complexity index is 325. The van der Waals surface area contributed by atoms with Gasteiger partial charge in [0, 0.05) is 16.5 Å². The van der Waals surface area contributed by atoms with Gasteiger partial charge in [-0.2, -0.15) is 0 Å². The van der Waals surface area contributed by atoms with E-state index in [4.69, 9.17) is 28.9 Å². The summed E-state index contributed by atoms with van der Waals surface area (Å²) in [6.45, 7) is 0. The Kier molecular flexibility index (Phi) is 3.58. The molecule has 0 radical (unpaired) electrons. The number of alkyl halides is 1. The van der Waals surface area contributed by atoms with Crippen LogP contribution in [0, 0.1) is 0 Å². The molecule has 0 atom stereocenters. The average Bonchev–Trinajstić information content (AvgIpc) is 2.04. The Morgan fingerprint density at radius 3 is 2.69 bits per heavy atom. The molecule has 0 fully saturated rings. The highest BCUT2D eigenvalue weighted by atomic mass is 35.5. The van der Waals surface area contributed by atoms with Crippen LogP contribution in [-0.4, -0.2) is 11.8 Å². The maximum Gasteiger partial charge on any atom is 0.248 e. The predicted molar refractivity (Wildman–Crippen MR) is 54.4 cm³/mol. The fourth-order valence-corrected chi connectivity index (χ4v) is 1.51. The number of halogens is 2. The molecule has 4 heteroatoms. The summed E-state index contributed by atoms with van der Waals surface area (Å²) in [6.07, 6.45) is 0.598. The SMILES string of the molecule is NC(=O)c1ccc(Cl)cc1CCCl. The summed E-state index contributed by atoms with van der Waals surface area (Å²) in [7, 11) is 0. The second-order valence-corrected chi connectivity index (χ2v) is 3.42. The maximum absolute atomic E-state index is 10.9. The number of benzene rings is 1. The van der Waals surface area contributed by atoms with Crippen LogP contribution in [0.25, 0.3) is 0 Å². The van der Waals surface area contributed by atoms with Crippen LogP contribution >= 0.6 is 23.2 Å². The largest absolute Gasteiger partial charge is 0.366 e. The first kappa shape index (κ1) is 10.4. The summed E-state index contributed by atoms with van der Waals surface area (Å²) in [5.41, 5.74) is 6.46. The second kappa shape index (κ2) is 4.49. The van der Waals surface area contributed by atoms with Crippen LogP contribution in [0.5, 0.6) is 0 Å². The van der Waals surface area contributed by atoms with E-state index in [0.717, 1.165) is 5.56 Å². The topological polar surface area (TPSA) is 43.1 Å². The highest BCUT2D eigenvalue weighted by Gasteiger charge is 2.07. The van der Waals surface area contributed by atoms with Crippen molar-refractivity contribution in [3.63, 3.8) is 0 Å². The van der Waals surface area contributed by atoms with Crippen molar-refractivity contribution in [3.8, 4) is 0 Å². The number of rotatable bonds is 3. The molecular formula is C9H9Cl2NO. The van der Waals surface area contributed by atoms with Gasteiger partial charge in [0.05, 0.1) is 0 Å². The van der Waals surface area contributed by atoms with Crippen LogP contribution in [0.15, 0.2) is 18.2 Å². The molecule has 0 unspecified atom stereocenters. The smallest absolute Gasteiger partial charge is 0.248 e. The van der Waals surface area contributed by atoms with Gasteiger partial charge in [0.1, 0.15) is 0 Å². The minimum Gasteiger partial charge on any atom is -0.366 e. The normalized spacial score (nSPS) is 10.0. The van der Waals surface area contributed by atoms with E-state index in [1.54, 1.807) is 18.2 Å². The fraction of sp³-hybridized carbons (Fsp3) is 0.222. The Morgan fingerprint density at radius 2 is 2.15 bits per heavy atom. The molecule has 0 bridgehead atoms. The van der Waals surface area contributed by atoms with Crippen molar-refractivity contribution in [1.82, 2.24) is 0 Å². The van der Waals surface area contributed by atoms with E-state index in [9.17, 15) is 4.79 Å². The van der Waals surface area contributed by atoms with E-state index in [-0.39, 0.29) is 0 Å². The first-order valence-corrected chi connectivity index (χ1v) is 4.70. The molecule has 0 heterocycles. The number of aryl methyl sites for hydroxylation is 1. The highest BCUT2D eigenvalue weighted by molar-refractivity contribution is 6.30. The number of carbonyl (C=O) groups excluding carboxylic acids is 1. The standard InChI is InChI=1S/C9H9Cl2NO/c10-4-3-6-5-7(11)1-2-8(6)9(12)13/h1-2,5H,3-4H2,(H2,12,13). The molecule has 0 aliphatic heterocycles. The summed E-state index contributed by atoms with van der Waals surface area (Å²) >= 11 is 11.3. The van der Waals surface area contributed by atoms with Crippen LogP contribution in [0.2, 0.25) is 5.02 Å². The summed E-state index contributed by atoms with van der Waals surface area (Å²) in [6, 6.07) is 4.97. The lowest BCUT2D eigenvalue weighted by atomic mass is 10.1. The van der Waals surface area contributed by atoms with Gasteiger partial charge < -0.3 is 5.73 Å². The minimum atomic E-state index is -0.447. The molecule has 0 saturated carbocycles. The van der Waals surface area contributed by atoms with Crippen LogP contribution < -0.4 is 5.73 Å². The van der Waals surface area contributed by atoms with Gasteiger partial charge in [0.15, 0.2) is 0 Å². The molecule has 0 aliphatic carbocycles. The van der Waals surface area contributed by atoms with E-state index in [2.05, 4.69) is 0 Å². The molecule has 13 heavy (non-hydrogen) atoms. The summed E-state index contributed by atoms with van der Waals surface area (Å²) in [5.74, 6) is -0.00236. The molecule has 1 rings (SSSR count). The van der Waals surface area contributed by atoms with Gasteiger partial charge in [0.25, 0.3) is 0 Å². The zero-order chi connectivity index (χ0) is 9.84. The highest BCUT2D eigenvalue weighted by Crippen LogP contribution is 2.16. The van der Waals surface area contributed by atoms with E-state index in [0.29, 0.717) is 22.9 Å². The van der Waals surface area contributed by atoms with Crippen LogP contribution in [-0.2, 0) is 6.42 Å². The Hall–Kier alpha value is -0.730. The van der Waals surface area contributed by atoms with Gasteiger partial charge in [-0.15, -0.1) is 11.6 Å². The van der Waals surface area contributed by atoms with Gasteiger partial charge in [-0.1, -0.05) is 11.6 Å². The first-order valence-electron chi connectivity index (χ1n) is 3.79. The number of amides is 1. The molecule has 1 aromatic carbocycles. The molecule has 0 aromatic heterocycles. The average molecular weight is 218 g/mol. The number of hydrogen-bond acceptors (Lipinski definition) is 1. The molecule has 0 aliphatic rings. The quantitative estimate of drug-likeness (QED) is 0.776. The van der Waals surface area contributed by atoms with Gasteiger partial charge >= 0.3 is 0 Å². The van der Waals surface area contributed by atoms with Crippen LogP contribution in [0.1, 0.15) is 15.9 Å². The molecule has 0 spiro atoms. The van der Waals surface area contributed by atoms with Crippen molar-refractivity contribution in [1.29, 1.82) is 0 Å². The van der Waals surface area contributed by atoms with E-state index in [1.807, 2.05) is 0 Å².